The predicted octanol–water partition coefficient (Wildman–Crippen LogP) is 5.19. The van der Waals surface area contributed by atoms with Crippen LogP contribution in [0.15, 0.2) is 67.9 Å². The maximum absolute atomic E-state index is 15.4. The summed E-state index contributed by atoms with van der Waals surface area (Å²) in [6, 6.07) is 10.5. The molecule has 1 amide bonds. The normalized spacial score (nSPS) is 20.0. The van der Waals surface area contributed by atoms with E-state index in [1.807, 2.05) is 24.0 Å². The Labute approximate surface area is 234 Å². The van der Waals surface area contributed by atoms with E-state index < -0.39 is 5.82 Å². The molecule has 1 aliphatic carbocycles. The van der Waals surface area contributed by atoms with E-state index in [1.165, 1.54) is 24.8 Å². The number of likely N-dealkylation sites (tertiary alicyclic amines) is 1. The second-order valence-corrected chi connectivity index (χ2v) is 10.6. The summed E-state index contributed by atoms with van der Waals surface area (Å²) in [5.74, 6) is 1.75. The summed E-state index contributed by atoms with van der Waals surface area (Å²) in [6.07, 6.45) is 8.13. The first-order chi connectivity index (χ1) is 20.0. The first-order valence-corrected chi connectivity index (χ1v) is 13.5. The largest absolute Gasteiger partial charge is 0.457 e. The highest BCUT2D eigenvalue weighted by Crippen LogP contribution is 2.48. The number of carbonyl (C=O) groups is 1. The average Bonchev–Trinajstić information content (AvgIpc) is 3.55. The first-order valence-electron chi connectivity index (χ1n) is 13.5. The molecule has 4 aromatic heterocycles. The molecule has 7 rings (SSSR count). The summed E-state index contributed by atoms with van der Waals surface area (Å²) in [5.41, 5.74) is 3.82. The van der Waals surface area contributed by atoms with Crippen molar-refractivity contribution in [3.05, 3.63) is 85.0 Å². The van der Waals surface area contributed by atoms with E-state index in [1.54, 1.807) is 28.9 Å². The number of hydrogen-bond acceptors (Lipinski definition) is 8. The van der Waals surface area contributed by atoms with Crippen molar-refractivity contribution in [2.24, 2.45) is 11.8 Å². The molecule has 0 radical (unpaired) electrons. The summed E-state index contributed by atoms with van der Waals surface area (Å²) >= 11 is 0. The van der Waals surface area contributed by atoms with Crippen LogP contribution in [0.5, 0.6) is 11.5 Å². The van der Waals surface area contributed by atoms with Crippen LogP contribution < -0.4 is 10.1 Å². The molecule has 3 atom stereocenters. The number of nitrogens with zero attached hydrogens (tertiary/aromatic N) is 7. The summed E-state index contributed by atoms with van der Waals surface area (Å²) in [6.45, 7) is 6.90. The lowest BCUT2D eigenvalue weighted by Crippen LogP contribution is -2.43. The lowest BCUT2D eigenvalue weighted by atomic mass is 9.82. The third-order valence-electron chi connectivity index (χ3n) is 8.16. The molecule has 1 saturated heterocycles. The molecule has 5 heterocycles. The Kier molecular flexibility index (Phi) is 6.06. The number of pyridine rings is 2. The van der Waals surface area contributed by atoms with Crippen LogP contribution in [0, 0.1) is 24.6 Å². The van der Waals surface area contributed by atoms with Gasteiger partial charge in [-0.05, 0) is 67.5 Å². The summed E-state index contributed by atoms with van der Waals surface area (Å²) in [5, 5.41) is 7.21. The Bertz CT molecular complexity index is 1810. The molecular weight excluding hydrogens is 523 g/mol. The molecule has 1 saturated carbocycles. The summed E-state index contributed by atoms with van der Waals surface area (Å²) < 4.78 is 22.9. The molecule has 1 aliphatic heterocycles. The number of benzene rings is 1. The van der Waals surface area contributed by atoms with Gasteiger partial charge in [-0.2, -0.15) is 5.10 Å². The number of nitrogens with one attached hydrogen (secondary N) is 1. The third kappa shape index (κ3) is 4.52. The molecule has 2 aliphatic rings. The van der Waals surface area contributed by atoms with Crippen molar-refractivity contribution in [1.82, 2.24) is 34.4 Å². The number of halogens is 1. The molecule has 2 fully saturated rings. The van der Waals surface area contributed by atoms with Crippen molar-refractivity contribution < 1.29 is 13.9 Å². The Balaban J connectivity index is 1.16. The zero-order valence-electron chi connectivity index (χ0n) is 22.4. The van der Waals surface area contributed by atoms with E-state index in [4.69, 9.17) is 9.72 Å². The Hall–Kier alpha value is -4.93. The van der Waals surface area contributed by atoms with Gasteiger partial charge in [0.1, 0.15) is 35.5 Å². The Morgan fingerprint density at radius 1 is 1.10 bits per heavy atom. The van der Waals surface area contributed by atoms with E-state index in [-0.39, 0.29) is 17.5 Å². The van der Waals surface area contributed by atoms with Crippen LogP contribution >= 0.6 is 0 Å². The predicted molar refractivity (Wildman–Crippen MR) is 151 cm³/mol. The molecule has 11 heteroatoms. The number of aromatic nitrogens is 6. The van der Waals surface area contributed by atoms with Gasteiger partial charge in [0, 0.05) is 43.0 Å². The van der Waals surface area contributed by atoms with Gasteiger partial charge in [0.05, 0.1) is 11.2 Å². The molecule has 5 aromatic rings. The molecule has 2 bridgehead atoms. The van der Waals surface area contributed by atoms with Crippen molar-refractivity contribution in [3.8, 4) is 11.5 Å². The standard InChI is InChI=1S/C30H27FN8O2/c1-3-27(40)38-13-18-4-5-19(14-38)28(18)22-6-7-23-29(36-22)30(34-15-32-23)37-24-10-17(2)25(12-21(24)31)41-20-8-9-39-26(11-20)33-16-35-39/h3,6-12,15-16,18-19,28H,1,4-5,13-14H2,2H3,(H,32,34,37)/t18-,19+,28?. The number of rotatable bonds is 6. The fraction of sp³-hybridized carbons (Fsp3) is 0.267. The number of amides is 1. The lowest BCUT2D eigenvalue weighted by molar-refractivity contribution is -0.128. The van der Waals surface area contributed by atoms with Crippen LogP contribution in [-0.4, -0.2) is 53.4 Å². The summed E-state index contributed by atoms with van der Waals surface area (Å²) in [7, 11) is 0. The van der Waals surface area contributed by atoms with Crippen molar-refractivity contribution in [2.45, 2.75) is 25.7 Å². The van der Waals surface area contributed by atoms with Crippen molar-refractivity contribution in [3.63, 3.8) is 0 Å². The van der Waals surface area contributed by atoms with Gasteiger partial charge in [-0.25, -0.2) is 28.8 Å². The van der Waals surface area contributed by atoms with Crippen LogP contribution in [0.25, 0.3) is 16.7 Å². The number of fused-ring (bicyclic) bond motifs is 4. The van der Waals surface area contributed by atoms with Crippen LogP contribution in [-0.2, 0) is 4.79 Å². The number of hydrogen-bond donors (Lipinski definition) is 1. The van der Waals surface area contributed by atoms with Gasteiger partial charge in [0.25, 0.3) is 0 Å². The van der Waals surface area contributed by atoms with E-state index >= 15 is 4.39 Å². The monoisotopic (exact) mass is 550 g/mol. The minimum Gasteiger partial charge on any atom is -0.457 e. The highest BCUT2D eigenvalue weighted by atomic mass is 19.1. The maximum atomic E-state index is 15.4. The number of aryl methyl sites for hydroxylation is 1. The van der Waals surface area contributed by atoms with E-state index in [0.717, 1.165) is 24.1 Å². The SMILES string of the molecule is C=CC(=O)N1C[C@H]2CC[C@@H](C1)C2c1ccc2ncnc(Nc3cc(C)c(Oc4ccn5ncnc5c4)cc3F)c2n1. The zero-order valence-corrected chi connectivity index (χ0v) is 22.4. The first kappa shape index (κ1) is 25.1. The molecule has 206 valence electrons. The zero-order chi connectivity index (χ0) is 28.1. The fourth-order valence-corrected chi connectivity index (χ4v) is 6.23. The van der Waals surface area contributed by atoms with E-state index in [9.17, 15) is 4.79 Å². The van der Waals surface area contributed by atoms with E-state index in [0.29, 0.717) is 58.9 Å². The van der Waals surface area contributed by atoms with Gasteiger partial charge in [0.15, 0.2) is 11.5 Å². The number of anilines is 2. The highest BCUT2D eigenvalue weighted by molar-refractivity contribution is 5.88. The quantitative estimate of drug-likeness (QED) is 0.288. The second-order valence-electron chi connectivity index (χ2n) is 10.6. The molecule has 1 aromatic carbocycles. The van der Waals surface area contributed by atoms with Crippen LogP contribution in [0.4, 0.5) is 15.9 Å². The van der Waals surface area contributed by atoms with Crippen LogP contribution in [0.3, 0.4) is 0 Å². The van der Waals surface area contributed by atoms with Crippen LogP contribution in [0.1, 0.15) is 30.0 Å². The fourth-order valence-electron chi connectivity index (χ4n) is 6.23. The Morgan fingerprint density at radius 2 is 1.93 bits per heavy atom. The van der Waals surface area contributed by atoms with Gasteiger partial charge in [-0.1, -0.05) is 6.58 Å². The highest BCUT2D eigenvalue weighted by Gasteiger charge is 2.44. The molecule has 10 nitrogen and oxygen atoms in total. The maximum Gasteiger partial charge on any atom is 0.245 e. The van der Waals surface area contributed by atoms with Gasteiger partial charge < -0.3 is 15.0 Å². The molecule has 1 unspecified atom stereocenters. The minimum atomic E-state index is -0.491. The molecule has 1 N–H and O–H groups in total. The molecular formula is C30H27FN8O2. The summed E-state index contributed by atoms with van der Waals surface area (Å²) in [4.78, 5) is 32.1. The van der Waals surface area contributed by atoms with Crippen molar-refractivity contribution >= 4 is 34.1 Å². The van der Waals surface area contributed by atoms with Gasteiger partial charge in [-0.15, -0.1) is 0 Å². The van der Waals surface area contributed by atoms with Gasteiger partial charge in [-0.3, -0.25) is 4.79 Å². The minimum absolute atomic E-state index is 0.0168. The number of carbonyl (C=O) groups excluding carboxylic acids is 1. The topological polar surface area (TPSA) is 110 Å². The lowest BCUT2D eigenvalue weighted by Gasteiger charge is -2.37. The average molecular weight is 551 g/mol. The third-order valence-corrected chi connectivity index (χ3v) is 8.16. The van der Waals surface area contributed by atoms with Crippen molar-refractivity contribution in [1.29, 1.82) is 0 Å². The molecule has 0 spiro atoms. The second kappa shape index (κ2) is 9.92. The number of ether oxygens (including phenoxy) is 1. The Morgan fingerprint density at radius 3 is 2.73 bits per heavy atom. The van der Waals surface area contributed by atoms with E-state index in [2.05, 4.69) is 31.9 Å². The van der Waals surface area contributed by atoms with Crippen LogP contribution in [0.2, 0.25) is 0 Å². The smallest absolute Gasteiger partial charge is 0.245 e. The van der Waals surface area contributed by atoms with Gasteiger partial charge >= 0.3 is 0 Å². The van der Waals surface area contributed by atoms with Gasteiger partial charge in [0.2, 0.25) is 5.91 Å². The van der Waals surface area contributed by atoms with Crippen molar-refractivity contribution in [2.75, 3.05) is 18.4 Å². The molecule has 41 heavy (non-hydrogen) atoms. The number of piperidine rings is 1.